The van der Waals surface area contributed by atoms with E-state index in [1.807, 2.05) is 0 Å². The zero-order chi connectivity index (χ0) is 73.4. The van der Waals surface area contributed by atoms with Crippen LogP contribution in [0.2, 0.25) is 0 Å². The second-order valence-electron chi connectivity index (χ2n) is 25.1. The number of carbonyl (C=O) groups excluding carboxylic acids is 6. The second-order valence-corrected chi connectivity index (χ2v) is 25.1. The molecule has 0 bridgehead atoms. The lowest BCUT2D eigenvalue weighted by atomic mass is 9.92. The summed E-state index contributed by atoms with van der Waals surface area (Å²) in [7, 11) is 0. The zero-order valence-electron chi connectivity index (χ0n) is 53.8. The smallest absolute Gasteiger partial charge is 0.335 e. The highest BCUT2D eigenvalue weighted by Gasteiger charge is 2.56. The second kappa shape index (κ2) is 33.6. The lowest BCUT2D eigenvalue weighted by Crippen LogP contribution is -2.69. The van der Waals surface area contributed by atoms with Crippen molar-refractivity contribution in [3.63, 3.8) is 0 Å². The lowest BCUT2D eigenvalue weighted by Gasteiger charge is -2.46. The highest BCUT2D eigenvalue weighted by atomic mass is 16.7. The molecule has 9 rings (SSSR count). The van der Waals surface area contributed by atoms with E-state index in [1.54, 1.807) is 37.3 Å². The molecule has 5 unspecified atom stereocenters. The van der Waals surface area contributed by atoms with Gasteiger partial charge in [-0.3, -0.25) is 39.2 Å². The van der Waals surface area contributed by atoms with Gasteiger partial charge < -0.3 is 153 Å². The number of carboxylic acid groups (broad SMARTS) is 1. The van der Waals surface area contributed by atoms with Gasteiger partial charge in [-0.2, -0.15) is 0 Å². The highest BCUT2D eigenvalue weighted by Crippen LogP contribution is 2.34. The van der Waals surface area contributed by atoms with E-state index in [2.05, 4.69) is 42.2 Å². The molecule has 5 saturated heterocycles. The zero-order valence-corrected chi connectivity index (χ0v) is 53.8. The molecule has 0 saturated carbocycles. The van der Waals surface area contributed by atoms with Crippen LogP contribution in [0.3, 0.4) is 0 Å². The van der Waals surface area contributed by atoms with Crippen LogP contribution in [0, 0.1) is 5.41 Å². The number of hydrogen-bond donors (Lipinski definition) is 24. The van der Waals surface area contributed by atoms with Crippen LogP contribution in [-0.4, -0.2) is 332 Å². The molecule has 6 amide bonds. The minimum Gasteiger partial charge on any atom is -0.478 e. The van der Waals surface area contributed by atoms with E-state index in [0.29, 0.717) is 11.1 Å². The molecular weight excluding hydrogens is 1340 g/mol. The molecule has 6 heterocycles. The Kier molecular flexibility index (Phi) is 25.5. The number of aromatic carboxylic acids is 1. The van der Waals surface area contributed by atoms with E-state index in [4.69, 9.17) is 29.4 Å². The summed E-state index contributed by atoms with van der Waals surface area (Å²) < 4.78 is 28.5. The predicted molar refractivity (Wildman–Crippen MR) is 338 cm³/mol. The molecule has 0 aromatic heterocycles. The third kappa shape index (κ3) is 17.4. The Morgan fingerprint density at radius 2 is 1.18 bits per heavy atom. The summed E-state index contributed by atoms with van der Waals surface area (Å²) in [5.74, 6) is -10.8. The fourth-order valence-electron chi connectivity index (χ4n) is 12.5. The van der Waals surface area contributed by atoms with Crippen molar-refractivity contribution in [1.29, 1.82) is 5.41 Å². The molecule has 39 nitrogen and oxygen atoms in total. The number of nitrogens with one attached hydrogen (secondary N) is 8. The Balaban J connectivity index is 1.05. The van der Waals surface area contributed by atoms with Gasteiger partial charge >= 0.3 is 5.97 Å². The monoisotopic (exact) mass is 1430 g/mol. The number of ether oxygens (including phenoxy) is 5. The molecule has 0 radical (unpaired) electrons. The van der Waals surface area contributed by atoms with Gasteiger partial charge in [0.2, 0.25) is 41.7 Å². The summed E-state index contributed by atoms with van der Waals surface area (Å²) >= 11 is 0. The molecule has 25 N–H and O–H groups in total. The van der Waals surface area contributed by atoms with Gasteiger partial charge in [0.15, 0.2) is 24.4 Å². The first-order valence-corrected chi connectivity index (χ1v) is 32.0. The van der Waals surface area contributed by atoms with Gasteiger partial charge in [-0.05, 0) is 41.0 Å². The Labute approximate surface area is 573 Å². The van der Waals surface area contributed by atoms with Gasteiger partial charge in [-0.25, -0.2) is 4.79 Å². The molecule has 6 aliphatic rings. The summed E-state index contributed by atoms with van der Waals surface area (Å²) in [6, 6.07) is 5.43. The third-order valence-electron chi connectivity index (χ3n) is 18.3. The van der Waals surface area contributed by atoms with Gasteiger partial charge in [-0.1, -0.05) is 61.5 Å². The van der Waals surface area contributed by atoms with E-state index in [-0.39, 0.29) is 35.9 Å². The van der Waals surface area contributed by atoms with Crippen LogP contribution < -0.4 is 47.7 Å². The van der Waals surface area contributed by atoms with Gasteiger partial charge in [0.1, 0.15) is 121 Å². The number of guanidine groups is 2. The number of carboxylic acids is 1. The summed E-state index contributed by atoms with van der Waals surface area (Å²) in [5, 5.41) is 189. The van der Waals surface area contributed by atoms with E-state index >= 15 is 14.4 Å². The summed E-state index contributed by atoms with van der Waals surface area (Å²) in [6.07, 6.45) is -32.7. The Morgan fingerprint density at radius 3 is 1.79 bits per heavy atom. The minimum absolute atomic E-state index is 0.0954. The van der Waals surface area contributed by atoms with Gasteiger partial charge in [-0.15, -0.1) is 0 Å². The molecule has 5 fully saturated rings. The van der Waals surface area contributed by atoms with Crippen molar-refractivity contribution < 1.29 is 134 Å². The number of rotatable bonds is 20. The van der Waals surface area contributed by atoms with Crippen LogP contribution in [0.15, 0.2) is 83.9 Å². The molecule has 554 valence electrons. The Bertz CT molecular complexity index is 3420. The van der Waals surface area contributed by atoms with Crippen molar-refractivity contribution in [2.45, 2.75) is 172 Å². The molecule has 3 aromatic rings. The third-order valence-corrected chi connectivity index (χ3v) is 18.3. The van der Waals surface area contributed by atoms with Crippen molar-refractivity contribution in [2.75, 3.05) is 46.1 Å². The fourth-order valence-corrected chi connectivity index (χ4v) is 12.5. The van der Waals surface area contributed by atoms with Crippen LogP contribution in [-0.2, 0) is 60.7 Å². The van der Waals surface area contributed by atoms with Crippen molar-refractivity contribution in [3.8, 4) is 5.75 Å². The van der Waals surface area contributed by atoms with Gasteiger partial charge in [0, 0.05) is 25.4 Å². The standard InChI is InChI=1S/C62H84N12O27/c1-24(27-5-3-2-4-6-27)38-54(92)67-30(15-25-9-13-29(14-10-25)97-59-50(89)47(86)51(36(23-78)100-59)101-60-49(88)46(85)44(83)35(22-77)99-60)53(91)71-39(41(80)31-16-66-61(63)69-31)56(94)72-40(55(93)68-32(20-75)52(90)65-17-37(79)70-38)42(81)33-19-73(18-26-7-11-28(12-8-26)58(95)96)62(64)74(33)57-48(87)45(84)43(82)34(21-76)98-57/h2-14,24,30-36,38-51,57,59-60,64,75-78,80-89H,15-23H2,1H3,(H,65,90)(H,67,92)(H,68,93)(H,70,79)(H,71,91)(H,72,94)(H,95,96)(H3,63,66,69)/t24?,30-,31?,32+,33?,34-,35-,36-,38+,39+,40-,41?,42?,43-,44-,45+,46+,47-,48+,49+,50+,51-,57+,59+,60-/m1/s1. The van der Waals surface area contributed by atoms with Gasteiger partial charge in [0.05, 0.1) is 57.2 Å². The van der Waals surface area contributed by atoms with Gasteiger partial charge in [0.25, 0.3) is 0 Å². The molecule has 6 aliphatic heterocycles. The molecule has 39 heteroatoms. The van der Waals surface area contributed by atoms with Crippen molar-refractivity contribution in [3.05, 3.63) is 101 Å². The first kappa shape index (κ1) is 76.7. The molecular formula is C62H84N12O27. The molecule has 0 aliphatic carbocycles. The number of amides is 6. The number of nitrogens with two attached hydrogens (primary N) is 1. The van der Waals surface area contributed by atoms with Crippen LogP contribution in [0.4, 0.5) is 0 Å². The maximum atomic E-state index is 15.4. The topological polar surface area (TPSA) is 622 Å². The molecule has 25 atom stereocenters. The SMILES string of the molecule is CC(c1ccccc1)[C@@H]1NC(=O)CNC(=O)[C@H](CO)NC(=O)[C@@H](C(O)C2CN(Cc3ccc(C(=O)O)cc3)C(=N)N2[C@H]2O[C@H](CO)[C@@H](O)[C@H](O)[C@@H]2O)NC(=O)[C@H](C(O)C2CN=C(N)N2)NC(=O)[C@@H](Cc2ccc(O[C@H]3O[C@H](CO)[C@@H](O[C@H]4O[C@H](CO)[C@@H](O)[C@H](O)[C@@H]4O)[C@H](O)[C@@H]3O)cc2)NC1=O. The van der Waals surface area contributed by atoms with Crippen LogP contribution in [0.1, 0.15) is 39.9 Å². The van der Waals surface area contributed by atoms with E-state index < -0.39 is 246 Å². The molecule has 0 spiro atoms. The average molecular weight is 1430 g/mol. The summed E-state index contributed by atoms with van der Waals surface area (Å²) in [6.45, 7) is -4.53. The summed E-state index contributed by atoms with van der Waals surface area (Å²) in [5.41, 5.74) is 6.84. The number of aliphatic hydroxyl groups is 14. The number of aliphatic hydroxyl groups excluding tert-OH is 14. The quantitative estimate of drug-likeness (QED) is 0.0499. The maximum Gasteiger partial charge on any atom is 0.335 e. The number of nitrogens with zero attached hydrogens (tertiary/aromatic N) is 3. The minimum atomic E-state index is -2.46. The number of aliphatic imine (C=N–C) groups is 1. The first-order chi connectivity index (χ1) is 48.1. The largest absolute Gasteiger partial charge is 0.478 e. The normalized spacial score (nSPS) is 35.0. The van der Waals surface area contributed by atoms with Crippen LogP contribution in [0.5, 0.6) is 5.75 Å². The van der Waals surface area contributed by atoms with Crippen molar-refractivity contribution >= 4 is 53.3 Å². The van der Waals surface area contributed by atoms with Crippen molar-refractivity contribution in [2.24, 2.45) is 10.7 Å². The lowest BCUT2D eigenvalue weighted by molar-refractivity contribution is -0.352. The number of benzene rings is 3. The highest BCUT2D eigenvalue weighted by molar-refractivity contribution is 5.98. The Morgan fingerprint density at radius 1 is 0.614 bits per heavy atom. The number of hydrogen-bond acceptors (Lipinski definition) is 30. The molecule has 101 heavy (non-hydrogen) atoms. The summed E-state index contributed by atoms with van der Waals surface area (Å²) in [4.78, 5) is 106. The average Bonchev–Trinajstić information content (AvgIpc) is 1.63. The fraction of sp³-hybridized carbons (Fsp3) is 0.565. The van der Waals surface area contributed by atoms with Crippen LogP contribution in [0.25, 0.3) is 0 Å². The van der Waals surface area contributed by atoms with E-state index in [1.165, 1.54) is 53.4 Å². The molecule has 3 aromatic carbocycles. The van der Waals surface area contributed by atoms with E-state index in [9.17, 15) is 101 Å². The predicted octanol–water partition coefficient (Wildman–Crippen LogP) is -11.8. The first-order valence-electron chi connectivity index (χ1n) is 32.0. The van der Waals surface area contributed by atoms with Crippen LogP contribution >= 0.6 is 0 Å². The maximum absolute atomic E-state index is 15.4. The number of carbonyl (C=O) groups is 7. The van der Waals surface area contributed by atoms with E-state index in [0.717, 1.165) is 4.90 Å². The van der Waals surface area contributed by atoms with Crippen molar-refractivity contribution in [1.82, 2.24) is 47.0 Å². The Hall–Kier alpha value is -8.43.